The molecule has 0 heterocycles. The molecule has 0 fully saturated rings. The predicted molar refractivity (Wildman–Crippen MR) is 82.2 cm³/mol. The van der Waals surface area contributed by atoms with E-state index in [1.807, 2.05) is 0 Å². The molecule has 0 aromatic heterocycles. The SMILES string of the molecule is COc1cc(S(=O)(=O)Nc2ccccc2)c(Cl)cc1C(=O)O. The van der Waals surface area contributed by atoms with Gasteiger partial charge in [0.15, 0.2) is 0 Å². The van der Waals surface area contributed by atoms with E-state index in [-0.39, 0.29) is 21.2 Å². The first kappa shape index (κ1) is 16.1. The maximum atomic E-state index is 12.4. The number of hydrogen-bond acceptors (Lipinski definition) is 4. The molecular weight excluding hydrogens is 330 g/mol. The monoisotopic (exact) mass is 341 g/mol. The molecule has 22 heavy (non-hydrogen) atoms. The standard InChI is InChI=1S/C14H12ClNO5S/c1-21-12-8-13(11(15)7-10(12)14(17)18)22(19,20)16-9-5-3-2-4-6-9/h2-8,16H,1H3,(H,17,18). The van der Waals surface area contributed by atoms with Crippen LogP contribution in [0.25, 0.3) is 0 Å². The highest BCUT2D eigenvalue weighted by Crippen LogP contribution is 2.31. The van der Waals surface area contributed by atoms with Gasteiger partial charge in [-0.05, 0) is 18.2 Å². The van der Waals surface area contributed by atoms with E-state index in [0.717, 1.165) is 12.1 Å². The molecule has 2 aromatic rings. The fourth-order valence-electron chi connectivity index (χ4n) is 1.79. The molecule has 0 spiro atoms. The van der Waals surface area contributed by atoms with Crippen molar-refractivity contribution in [2.24, 2.45) is 0 Å². The third kappa shape index (κ3) is 3.32. The van der Waals surface area contributed by atoms with E-state index in [1.165, 1.54) is 7.11 Å². The van der Waals surface area contributed by atoms with Crippen molar-refractivity contribution >= 4 is 33.3 Å². The smallest absolute Gasteiger partial charge is 0.339 e. The summed E-state index contributed by atoms with van der Waals surface area (Å²) in [6, 6.07) is 10.4. The molecule has 116 valence electrons. The second kappa shape index (κ2) is 6.25. The summed E-state index contributed by atoms with van der Waals surface area (Å²) in [5, 5.41) is 8.84. The van der Waals surface area contributed by atoms with Crippen LogP contribution in [0.5, 0.6) is 5.75 Å². The van der Waals surface area contributed by atoms with Crippen LogP contribution in [0.3, 0.4) is 0 Å². The van der Waals surface area contributed by atoms with Gasteiger partial charge >= 0.3 is 5.97 Å². The molecule has 0 aliphatic heterocycles. The van der Waals surface area contributed by atoms with E-state index < -0.39 is 16.0 Å². The first-order valence-electron chi connectivity index (χ1n) is 6.04. The Bertz CT molecular complexity index is 805. The quantitative estimate of drug-likeness (QED) is 0.872. The number of para-hydroxylation sites is 1. The number of halogens is 1. The molecule has 0 saturated heterocycles. The van der Waals surface area contributed by atoms with E-state index >= 15 is 0 Å². The van der Waals surface area contributed by atoms with Crippen LogP contribution < -0.4 is 9.46 Å². The Morgan fingerprint density at radius 1 is 1.23 bits per heavy atom. The second-order valence-corrected chi connectivity index (χ2v) is 6.32. The average molecular weight is 342 g/mol. The number of carboxylic acid groups (broad SMARTS) is 1. The zero-order valence-electron chi connectivity index (χ0n) is 11.4. The van der Waals surface area contributed by atoms with E-state index in [2.05, 4.69) is 4.72 Å². The van der Waals surface area contributed by atoms with E-state index in [1.54, 1.807) is 30.3 Å². The fourth-order valence-corrected chi connectivity index (χ4v) is 3.40. The number of rotatable bonds is 5. The molecule has 0 saturated carbocycles. The lowest BCUT2D eigenvalue weighted by Crippen LogP contribution is -2.14. The topological polar surface area (TPSA) is 92.7 Å². The summed E-state index contributed by atoms with van der Waals surface area (Å²) >= 11 is 5.92. The number of carboxylic acids is 1. The van der Waals surface area contributed by atoms with Gasteiger partial charge in [0.1, 0.15) is 16.2 Å². The highest BCUT2D eigenvalue weighted by atomic mass is 35.5. The molecule has 0 aliphatic rings. The minimum absolute atomic E-state index is 0.0923. The maximum absolute atomic E-state index is 12.4. The second-order valence-electron chi connectivity index (χ2n) is 4.26. The Balaban J connectivity index is 2.49. The summed E-state index contributed by atoms with van der Waals surface area (Å²) in [5.74, 6) is -1.36. The van der Waals surface area contributed by atoms with Crippen molar-refractivity contribution in [1.82, 2.24) is 0 Å². The van der Waals surface area contributed by atoms with Crippen LogP contribution in [0.4, 0.5) is 5.69 Å². The van der Waals surface area contributed by atoms with Gasteiger partial charge in [-0.15, -0.1) is 0 Å². The molecule has 8 heteroatoms. The number of aromatic carboxylic acids is 1. The summed E-state index contributed by atoms with van der Waals surface area (Å²) in [5.41, 5.74) is 0.144. The summed E-state index contributed by atoms with van der Waals surface area (Å²) in [4.78, 5) is 10.8. The number of sulfonamides is 1. The average Bonchev–Trinajstić information content (AvgIpc) is 2.47. The highest BCUT2D eigenvalue weighted by Gasteiger charge is 2.23. The summed E-state index contributed by atoms with van der Waals surface area (Å²) in [7, 11) is -2.73. The van der Waals surface area contributed by atoms with Crippen molar-refractivity contribution in [3.8, 4) is 5.75 Å². The predicted octanol–water partition coefficient (Wildman–Crippen LogP) is 2.85. The van der Waals surface area contributed by atoms with Gasteiger partial charge in [-0.1, -0.05) is 29.8 Å². The third-order valence-electron chi connectivity index (χ3n) is 2.80. The van der Waals surface area contributed by atoms with Gasteiger partial charge in [0.2, 0.25) is 0 Å². The minimum Gasteiger partial charge on any atom is -0.496 e. The van der Waals surface area contributed by atoms with Gasteiger partial charge < -0.3 is 9.84 Å². The van der Waals surface area contributed by atoms with Crippen LogP contribution in [0.15, 0.2) is 47.4 Å². The Hall–Kier alpha value is -2.25. The maximum Gasteiger partial charge on any atom is 0.339 e. The fraction of sp³-hybridized carbons (Fsp3) is 0.0714. The lowest BCUT2D eigenvalue weighted by Gasteiger charge is -2.12. The Morgan fingerprint density at radius 2 is 1.86 bits per heavy atom. The van der Waals surface area contributed by atoms with Crippen LogP contribution in [0, 0.1) is 0 Å². The van der Waals surface area contributed by atoms with Crippen molar-refractivity contribution in [2.75, 3.05) is 11.8 Å². The molecule has 0 radical (unpaired) electrons. The molecule has 0 amide bonds. The number of carbonyl (C=O) groups is 1. The van der Waals surface area contributed by atoms with Gasteiger partial charge in [-0.3, -0.25) is 4.72 Å². The minimum atomic E-state index is -3.97. The van der Waals surface area contributed by atoms with Gasteiger partial charge in [0.25, 0.3) is 10.0 Å². The molecule has 0 atom stereocenters. The Morgan fingerprint density at radius 3 is 2.41 bits per heavy atom. The van der Waals surface area contributed by atoms with E-state index in [4.69, 9.17) is 21.4 Å². The Kier molecular flexibility index (Phi) is 4.58. The highest BCUT2D eigenvalue weighted by molar-refractivity contribution is 7.92. The first-order valence-corrected chi connectivity index (χ1v) is 7.90. The summed E-state index contributed by atoms with van der Waals surface area (Å²) in [6.45, 7) is 0. The molecule has 2 aromatic carbocycles. The van der Waals surface area contributed by atoms with Crippen LogP contribution in [-0.2, 0) is 10.0 Å². The van der Waals surface area contributed by atoms with Gasteiger partial charge in [0.05, 0.1) is 12.1 Å². The van der Waals surface area contributed by atoms with E-state index in [0.29, 0.717) is 5.69 Å². The van der Waals surface area contributed by atoms with Crippen molar-refractivity contribution in [2.45, 2.75) is 4.90 Å². The number of nitrogens with one attached hydrogen (secondary N) is 1. The molecule has 6 nitrogen and oxygen atoms in total. The number of anilines is 1. The molecule has 0 bridgehead atoms. The van der Waals surface area contributed by atoms with Crippen LogP contribution in [0.2, 0.25) is 5.02 Å². The molecule has 2 rings (SSSR count). The van der Waals surface area contributed by atoms with Gasteiger partial charge in [-0.25, -0.2) is 13.2 Å². The number of ether oxygens (including phenoxy) is 1. The molecule has 0 unspecified atom stereocenters. The zero-order valence-corrected chi connectivity index (χ0v) is 13.0. The van der Waals surface area contributed by atoms with Crippen molar-refractivity contribution in [1.29, 1.82) is 0 Å². The summed E-state index contributed by atoms with van der Waals surface area (Å²) in [6.07, 6.45) is 0. The number of methoxy groups -OCH3 is 1. The molecular formula is C14H12ClNO5S. The van der Waals surface area contributed by atoms with Crippen molar-refractivity contribution in [3.05, 3.63) is 53.1 Å². The molecule has 2 N–H and O–H groups in total. The zero-order chi connectivity index (χ0) is 16.3. The van der Waals surface area contributed by atoms with Crippen molar-refractivity contribution < 1.29 is 23.1 Å². The normalized spacial score (nSPS) is 11.0. The Labute approximate surface area is 132 Å². The number of benzene rings is 2. The van der Waals surface area contributed by atoms with Crippen molar-refractivity contribution in [3.63, 3.8) is 0 Å². The summed E-state index contributed by atoms with van der Waals surface area (Å²) < 4.78 is 32.0. The van der Waals surface area contributed by atoms with Crippen LogP contribution in [0.1, 0.15) is 10.4 Å². The largest absolute Gasteiger partial charge is 0.496 e. The van der Waals surface area contributed by atoms with Gasteiger partial charge in [-0.2, -0.15) is 0 Å². The molecule has 0 aliphatic carbocycles. The van der Waals surface area contributed by atoms with Gasteiger partial charge in [0, 0.05) is 11.8 Å². The lowest BCUT2D eigenvalue weighted by molar-refractivity contribution is 0.0693. The van der Waals surface area contributed by atoms with Crippen LogP contribution >= 0.6 is 11.6 Å². The number of hydrogen-bond donors (Lipinski definition) is 2. The lowest BCUT2D eigenvalue weighted by atomic mass is 10.2. The third-order valence-corrected chi connectivity index (χ3v) is 4.65. The van der Waals surface area contributed by atoms with E-state index in [9.17, 15) is 13.2 Å². The van der Waals surface area contributed by atoms with Crippen LogP contribution in [-0.4, -0.2) is 26.6 Å². The first-order chi connectivity index (χ1) is 10.3.